The number of ether oxygens (including phenoxy) is 1. The quantitative estimate of drug-likeness (QED) is 0.726. The van der Waals surface area contributed by atoms with Gasteiger partial charge < -0.3 is 4.74 Å². The van der Waals surface area contributed by atoms with Crippen molar-refractivity contribution in [1.82, 2.24) is 9.80 Å². The topological polar surface area (TPSA) is 15.7 Å². The van der Waals surface area contributed by atoms with E-state index >= 15 is 0 Å². The molecule has 1 aliphatic rings. The first-order chi connectivity index (χ1) is 11.6. The van der Waals surface area contributed by atoms with E-state index in [9.17, 15) is 0 Å². The van der Waals surface area contributed by atoms with Gasteiger partial charge in [-0.3, -0.25) is 9.80 Å². The fourth-order valence-corrected chi connectivity index (χ4v) is 3.73. The van der Waals surface area contributed by atoms with Gasteiger partial charge in [-0.25, -0.2) is 0 Å². The zero-order valence-corrected chi connectivity index (χ0v) is 16.2. The van der Waals surface area contributed by atoms with Gasteiger partial charge in [-0.15, -0.1) is 0 Å². The number of piperazine rings is 1. The van der Waals surface area contributed by atoms with Gasteiger partial charge in [-0.1, -0.05) is 29.8 Å². The molecule has 2 aromatic carbocycles. The van der Waals surface area contributed by atoms with E-state index in [2.05, 4.69) is 50.0 Å². The lowest BCUT2D eigenvalue weighted by molar-refractivity contribution is 0.122. The number of benzene rings is 2. The number of halogens is 2. The van der Waals surface area contributed by atoms with Crippen molar-refractivity contribution < 1.29 is 4.74 Å². The first-order valence-corrected chi connectivity index (χ1v) is 9.33. The molecular weight excluding hydrogens is 388 g/mol. The molecule has 24 heavy (non-hydrogen) atoms. The molecule has 0 bridgehead atoms. The number of nitrogens with zero attached hydrogens (tertiary/aromatic N) is 2. The van der Waals surface area contributed by atoms with Crippen molar-refractivity contribution in [2.45, 2.75) is 13.1 Å². The van der Waals surface area contributed by atoms with Crippen LogP contribution in [-0.2, 0) is 13.1 Å². The van der Waals surface area contributed by atoms with Crippen molar-refractivity contribution in [2.24, 2.45) is 0 Å². The summed E-state index contributed by atoms with van der Waals surface area (Å²) in [6.07, 6.45) is 0. The van der Waals surface area contributed by atoms with Crippen molar-refractivity contribution in [1.29, 1.82) is 0 Å². The molecule has 1 saturated heterocycles. The SMILES string of the molecule is COc1ccc(CN2CCN(Cc3ccc(Cl)cc3)CC2)cc1Br. The van der Waals surface area contributed by atoms with Crippen molar-refractivity contribution >= 4 is 27.5 Å². The maximum Gasteiger partial charge on any atom is 0.133 e. The van der Waals surface area contributed by atoms with Crippen LogP contribution in [0.3, 0.4) is 0 Å². The first kappa shape index (κ1) is 17.7. The Morgan fingerprint density at radius 3 is 2.00 bits per heavy atom. The third-order valence-corrected chi connectivity index (χ3v) is 5.28. The van der Waals surface area contributed by atoms with Crippen molar-refractivity contribution in [3.8, 4) is 5.75 Å². The highest BCUT2D eigenvalue weighted by molar-refractivity contribution is 9.10. The summed E-state index contributed by atoms with van der Waals surface area (Å²) in [6.45, 7) is 6.37. The van der Waals surface area contributed by atoms with Gasteiger partial charge in [0.25, 0.3) is 0 Å². The summed E-state index contributed by atoms with van der Waals surface area (Å²) in [5.41, 5.74) is 2.64. The van der Waals surface area contributed by atoms with Crippen LogP contribution in [0.2, 0.25) is 5.02 Å². The molecule has 1 fully saturated rings. The molecule has 2 aromatic rings. The Balaban J connectivity index is 1.50. The number of rotatable bonds is 5. The predicted molar refractivity (Wildman–Crippen MR) is 103 cm³/mol. The summed E-state index contributed by atoms with van der Waals surface area (Å²) in [5.74, 6) is 0.881. The lowest BCUT2D eigenvalue weighted by Gasteiger charge is -2.34. The van der Waals surface area contributed by atoms with Crippen LogP contribution in [0.15, 0.2) is 46.9 Å². The fourth-order valence-electron chi connectivity index (χ4n) is 3.02. The number of methoxy groups -OCH3 is 1. The van der Waals surface area contributed by atoms with Gasteiger partial charge in [-0.05, 0) is 51.3 Å². The van der Waals surface area contributed by atoms with Gasteiger partial charge in [0.2, 0.25) is 0 Å². The molecule has 0 unspecified atom stereocenters. The van der Waals surface area contributed by atoms with E-state index in [4.69, 9.17) is 16.3 Å². The highest BCUT2D eigenvalue weighted by atomic mass is 79.9. The molecule has 0 spiro atoms. The Morgan fingerprint density at radius 1 is 0.917 bits per heavy atom. The van der Waals surface area contributed by atoms with E-state index in [1.54, 1.807) is 7.11 Å². The largest absolute Gasteiger partial charge is 0.496 e. The maximum absolute atomic E-state index is 5.95. The third-order valence-electron chi connectivity index (χ3n) is 4.41. The Hall–Kier alpha value is -1.07. The molecular formula is C19H22BrClN2O. The van der Waals surface area contributed by atoms with Crippen molar-refractivity contribution in [2.75, 3.05) is 33.3 Å². The smallest absolute Gasteiger partial charge is 0.133 e. The summed E-state index contributed by atoms with van der Waals surface area (Å²) in [4.78, 5) is 5.01. The molecule has 0 atom stereocenters. The van der Waals surface area contributed by atoms with Crippen LogP contribution in [0, 0.1) is 0 Å². The summed E-state index contributed by atoms with van der Waals surface area (Å²) in [7, 11) is 1.69. The van der Waals surface area contributed by atoms with Gasteiger partial charge >= 0.3 is 0 Å². The molecule has 0 aliphatic carbocycles. The normalized spacial score (nSPS) is 16.3. The second kappa shape index (κ2) is 8.34. The van der Waals surface area contributed by atoms with Gasteiger partial charge in [0.15, 0.2) is 0 Å². The van der Waals surface area contributed by atoms with Crippen molar-refractivity contribution in [3.05, 3.63) is 63.1 Å². The second-order valence-electron chi connectivity index (χ2n) is 6.15. The number of hydrogen-bond acceptors (Lipinski definition) is 3. The molecule has 128 valence electrons. The van der Waals surface area contributed by atoms with Crippen LogP contribution < -0.4 is 4.74 Å². The molecule has 0 radical (unpaired) electrons. The van der Waals surface area contributed by atoms with E-state index in [-0.39, 0.29) is 0 Å². The zero-order valence-electron chi connectivity index (χ0n) is 13.8. The number of hydrogen-bond donors (Lipinski definition) is 0. The molecule has 0 N–H and O–H groups in total. The molecule has 1 aliphatic heterocycles. The Morgan fingerprint density at radius 2 is 1.46 bits per heavy atom. The lowest BCUT2D eigenvalue weighted by atomic mass is 10.1. The predicted octanol–water partition coefficient (Wildman–Crippen LogP) is 4.43. The minimum atomic E-state index is 0.800. The highest BCUT2D eigenvalue weighted by Crippen LogP contribution is 2.26. The third kappa shape index (κ3) is 4.73. The molecule has 5 heteroatoms. The lowest BCUT2D eigenvalue weighted by Crippen LogP contribution is -2.45. The Kier molecular flexibility index (Phi) is 6.17. The second-order valence-corrected chi connectivity index (χ2v) is 7.44. The van der Waals surface area contributed by atoms with Gasteiger partial charge in [0, 0.05) is 44.3 Å². The van der Waals surface area contributed by atoms with Crippen LogP contribution in [0.5, 0.6) is 5.75 Å². The average molecular weight is 410 g/mol. The first-order valence-electron chi connectivity index (χ1n) is 8.15. The van der Waals surface area contributed by atoms with E-state index in [1.165, 1.54) is 11.1 Å². The molecule has 0 saturated carbocycles. The Labute approximate surface area is 157 Å². The van der Waals surface area contributed by atoms with Gasteiger partial charge in [0.05, 0.1) is 11.6 Å². The summed E-state index contributed by atoms with van der Waals surface area (Å²) in [6, 6.07) is 14.5. The minimum absolute atomic E-state index is 0.800. The Bertz CT molecular complexity index is 670. The van der Waals surface area contributed by atoms with Crippen LogP contribution in [0.4, 0.5) is 0 Å². The van der Waals surface area contributed by atoms with E-state index in [1.807, 2.05) is 18.2 Å². The minimum Gasteiger partial charge on any atom is -0.496 e. The molecule has 3 nitrogen and oxygen atoms in total. The highest BCUT2D eigenvalue weighted by Gasteiger charge is 2.17. The van der Waals surface area contributed by atoms with E-state index in [0.29, 0.717) is 0 Å². The maximum atomic E-state index is 5.95. The summed E-state index contributed by atoms with van der Waals surface area (Å²) >= 11 is 9.51. The van der Waals surface area contributed by atoms with Crippen LogP contribution in [-0.4, -0.2) is 43.1 Å². The monoisotopic (exact) mass is 408 g/mol. The van der Waals surface area contributed by atoms with Crippen molar-refractivity contribution in [3.63, 3.8) is 0 Å². The van der Waals surface area contributed by atoms with E-state index < -0.39 is 0 Å². The van der Waals surface area contributed by atoms with Gasteiger partial charge in [-0.2, -0.15) is 0 Å². The van der Waals surface area contributed by atoms with Crippen LogP contribution in [0.25, 0.3) is 0 Å². The molecule has 3 rings (SSSR count). The molecule has 0 aromatic heterocycles. The average Bonchev–Trinajstić information content (AvgIpc) is 2.59. The molecule has 1 heterocycles. The van der Waals surface area contributed by atoms with Crippen LogP contribution in [0.1, 0.15) is 11.1 Å². The van der Waals surface area contributed by atoms with E-state index in [0.717, 1.165) is 54.5 Å². The summed E-state index contributed by atoms with van der Waals surface area (Å²) in [5, 5.41) is 0.800. The fraction of sp³-hybridized carbons (Fsp3) is 0.368. The molecule has 0 amide bonds. The standard InChI is InChI=1S/C19H22BrClN2O/c1-24-19-7-4-16(12-18(19)20)14-23-10-8-22(9-11-23)13-15-2-5-17(21)6-3-15/h2-7,12H,8-11,13-14H2,1H3. The van der Waals surface area contributed by atoms with Gasteiger partial charge in [0.1, 0.15) is 5.75 Å². The van der Waals surface area contributed by atoms with Crippen LogP contribution >= 0.6 is 27.5 Å². The zero-order chi connectivity index (χ0) is 16.9. The summed E-state index contributed by atoms with van der Waals surface area (Å²) < 4.78 is 6.31.